The molecule has 24 heavy (non-hydrogen) atoms. The highest BCUT2D eigenvalue weighted by atomic mass is 16.5. The van der Waals surface area contributed by atoms with Crippen molar-refractivity contribution < 1.29 is 19.1 Å². The number of rotatable bonds is 4. The molecular weight excluding hydrogens is 308 g/mol. The van der Waals surface area contributed by atoms with Crippen LogP contribution in [0.2, 0.25) is 0 Å². The van der Waals surface area contributed by atoms with Crippen LogP contribution < -0.4 is 20.1 Å². The molecule has 0 saturated heterocycles. The average Bonchev–Trinajstić information content (AvgIpc) is 2.61. The van der Waals surface area contributed by atoms with Gasteiger partial charge in [-0.2, -0.15) is 0 Å². The number of methoxy groups -OCH3 is 2. The number of hydrogen-bond acceptors (Lipinski definition) is 4. The van der Waals surface area contributed by atoms with Crippen molar-refractivity contribution in [3.8, 4) is 11.5 Å². The Labute approximate surface area is 139 Å². The average molecular weight is 326 g/mol. The van der Waals surface area contributed by atoms with Gasteiger partial charge in [-0.3, -0.25) is 9.59 Å². The van der Waals surface area contributed by atoms with Gasteiger partial charge in [0, 0.05) is 17.8 Å². The molecule has 0 aliphatic carbocycles. The van der Waals surface area contributed by atoms with Crippen LogP contribution in [0.1, 0.15) is 26.3 Å². The Morgan fingerprint density at radius 2 is 1.83 bits per heavy atom. The number of fused-ring (bicyclic) bond motifs is 1. The summed E-state index contributed by atoms with van der Waals surface area (Å²) >= 11 is 0. The zero-order valence-electron chi connectivity index (χ0n) is 13.5. The maximum Gasteiger partial charge on any atom is 0.263 e. The van der Waals surface area contributed by atoms with E-state index in [1.54, 1.807) is 30.3 Å². The normalized spacial score (nSPS) is 12.8. The number of carbonyl (C=O) groups excluding carboxylic acids is 2. The summed E-state index contributed by atoms with van der Waals surface area (Å²) in [6.45, 7) is 0.635. The molecule has 0 fully saturated rings. The van der Waals surface area contributed by atoms with Crippen LogP contribution in [0.3, 0.4) is 0 Å². The highest BCUT2D eigenvalue weighted by Crippen LogP contribution is 2.29. The van der Waals surface area contributed by atoms with Gasteiger partial charge in [-0.25, -0.2) is 0 Å². The lowest BCUT2D eigenvalue weighted by Crippen LogP contribution is -2.31. The second kappa shape index (κ2) is 6.62. The Hall–Kier alpha value is -3.02. The van der Waals surface area contributed by atoms with E-state index in [4.69, 9.17) is 9.47 Å². The highest BCUT2D eigenvalue weighted by Gasteiger charge is 2.20. The van der Waals surface area contributed by atoms with Gasteiger partial charge in [0.15, 0.2) is 0 Å². The van der Waals surface area contributed by atoms with Gasteiger partial charge >= 0.3 is 0 Å². The topological polar surface area (TPSA) is 76.7 Å². The molecule has 0 radical (unpaired) electrons. The van der Waals surface area contributed by atoms with Gasteiger partial charge in [0.25, 0.3) is 11.8 Å². The molecule has 6 heteroatoms. The smallest absolute Gasteiger partial charge is 0.263 e. The molecule has 2 N–H and O–H groups in total. The van der Waals surface area contributed by atoms with E-state index in [9.17, 15) is 9.59 Å². The first kappa shape index (κ1) is 15.9. The molecule has 1 heterocycles. The minimum absolute atomic E-state index is 0.123. The van der Waals surface area contributed by atoms with Crippen LogP contribution in [-0.2, 0) is 6.42 Å². The maximum atomic E-state index is 12.7. The Bertz CT molecular complexity index is 779. The van der Waals surface area contributed by atoms with E-state index >= 15 is 0 Å². The fourth-order valence-electron chi connectivity index (χ4n) is 2.76. The van der Waals surface area contributed by atoms with E-state index in [0.29, 0.717) is 34.9 Å². The van der Waals surface area contributed by atoms with Crippen molar-refractivity contribution in [1.29, 1.82) is 0 Å². The van der Waals surface area contributed by atoms with Gasteiger partial charge in [0.05, 0.1) is 14.2 Å². The Morgan fingerprint density at radius 1 is 1.12 bits per heavy atom. The molecule has 3 rings (SSSR count). The summed E-state index contributed by atoms with van der Waals surface area (Å²) in [5.41, 5.74) is 2.42. The van der Waals surface area contributed by atoms with Gasteiger partial charge < -0.3 is 20.1 Å². The number of carbonyl (C=O) groups is 2. The summed E-state index contributed by atoms with van der Waals surface area (Å²) in [6, 6.07) is 10.5. The molecule has 1 aliphatic heterocycles. The van der Waals surface area contributed by atoms with E-state index in [-0.39, 0.29) is 11.8 Å². The van der Waals surface area contributed by atoms with E-state index in [1.807, 2.05) is 6.07 Å². The molecule has 0 unspecified atom stereocenters. The number of nitrogens with one attached hydrogen (secondary N) is 2. The standard InChI is InChI=1S/C18H18N2O4/c1-23-14-4-3-5-15(24-2)16(14)18(22)20-12-7-6-11-8-9-19-17(21)13(11)10-12/h3-7,10H,8-9H2,1-2H3,(H,19,21)(H,20,22). The molecule has 0 atom stereocenters. The van der Waals surface area contributed by atoms with Crippen LogP contribution >= 0.6 is 0 Å². The second-order valence-electron chi connectivity index (χ2n) is 5.37. The van der Waals surface area contributed by atoms with Gasteiger partial charge in [0.2, 0.25) is 0 Å². The molecule has 0 saturated carbocycles. The number of ether oxygens (including phenoxy) is 2. The Balaban J connectivity index is 1.91. The Kier molecular flexibility index (Phi) is 4.37. The molecule has 0 aromatic heterocycles. The van der Waals surface area contributed by atoms with Crippen LogP contribution in [0.15, 0.2) is 36.4 Å². The predicted octanol–water partition coefficient (Wildman–Crippen LogP) is 2.24. The van der Waals surface area contributed by atoms with E-state index < -0.39 is 0 Å². The lowest BCUT2D eigenvalue weighted by Gasteiger charge is -2.18. The summed E-state index contributed by atoms with van der Waals surface area (Å²) in [7, 11) is 2.99. The van der Waals surface area contributed by atoms with Crippen LogP contribution in [0, 0.1) is 0 Å². The maximum absolute atomic E-state index is 12.7. The molecule has 0 spiro atoms. The third-order valence-electron chi connectivity index (χ3n) is 3.95. The van der Waals surface area contributed by atoms with Crippen molar-refractivity contribution in [2.24, 2.45) is 0 Å². The van der Waals surface area contributed by atoms with Crippen LogP contribution in [0.5, 0.6) is 11.5 Å². The number of amides is 2. The third-order valence-corrected chi connectivity index (χ3v) is 3.95. The first-order valence-electron chi connectivity index (χ1n) is 7.57. The lowest BCUT2D eigenvalue weighted by atomic mass is 9.99. The molecular formula is C18H18N2O4. The van der Waals surface area contributed by atoms with Crippen LogP contribution in [0.4, 0.5) is 5.69 Å². The Morgan fingerprint density at radius 3 is 2.50 bits per heavy atom. The van der Waals surface area contributed by atoms with Gasteiger partial charge in [-0.1, -0.05) is 12.1 Å². The van der Waals surface area contributed by atoms with E-state index in [0.717, 1.165) is 12.0 Å². The quantitative estimate of drug-likeness (QED) is 0.903. The second-order valence-corrected chi connectivity index (χ2v) is 5.37. The lowest BCUT2D eigenvalue weighted by molar-refractivity contribution is 0.0944. The van der Waals surface area contributed by atoms with Crippen molar-refractivity contribution in [3.05, 3.63) is 53.1 Å². The molecule has 6 nitrogen and oxygen atoms in total. The fraction of sp³-hybridized carbons (Fsp3) is 0.222. The minimum atomic E-state index is -0.361. The summed E-state index contributed by atoms with van der Waals surface area (Å²) in [6.07, 6.45) is 0.787. The number of anilines is 1. The monoisotopic (exact) mass is 326 g/mol. The van der Waals surface area contributed by atoms with Crippen LogP contribution in [-0.4, -0.2) is 32.6 Å². The first-order valence-corrected chi connectivity index (χ1v) is 7.57. The minimum Gasteiger partial charge on any atom is -0.496 e. The molecule has 2 amide bonds. The zero-order valence-corrected chi connectivity index (χ0v) is 13.5. The van der Waals surface area contributed by atoms with Gasteiger partial charge in [0.1, 0.15) is 17.1 Å². The summed E-state index contributed by atoms with van der Waals surface area (Å²) in [5, 5.41) is 5.59. The van der Waals surface area contributed by atoms with Crippen molar-refractivity contribution in [2.45, 2.75) is 6.42 Å². The summed E-state index contributed by atoms with van der Waals surface area (Å²) in [4.78, 5) is 24.6. The number of benzene rings is 2. The third kappa shape index (κ3) is 2.90. The molecule has 2 aromatic rings. The molecule has 1 aliphatic rings. The fourth-order valence-corrected chi connectivity index (χ4v) is 2.76. The molecule has 2 aromatic carbocycles. The summed E-state index contributed by atoms with van der Waals surface area (Å²) < 4.78 is 10.5. The number of hydrogen-bond donors (Lipinski definition) is 2. The van der Waals surface area contributed by atoms with Crippen molar-refractivity contribution in [2.75, 3.05) is 26.1 Å². The predicted molar refractivity (Wildman–Crippen MR) is 90.0 cm³/mol. The zero-order chi connectivity index (χ0) is 17.1. The van der Waals surface area contributed by atoms with Crippen molar-refractivity contribution in [1.82, 2.24) is 5.32 Å². The largest absolute Gasteiger partial charge is 0.496 e. The highest BCUT2D eigenvalue weighted by molar-refractivity contribution is 6.09. The van der Waals surface area contributed by atoms with E-state index in [1.165, 1.54) is 14.2 Å². The van der Waals surface area contributed by atoms with Crippen LogP contribution in [0.25, 0.3) is 0 Å². The van der Waals surface area contributed by atoms with E-state index in [2.05, 4.69) is 10.6 Å². The first-order chi connectivity index (χ1) is 11.6. The molecule has 0 bridgehead atoms. The summed E-state index contributed by atoms with van der Waals surface area (Å²) in [5.74, 6) is 0.354. The van der Waals surface area contributed by atoms with Gasteiger partial charge in [-0.05, 0) is 36.2 Å². The van der Waals surface area contributed by atoms with Crippen molar-refractivity contribution >= 4 is 17.5 Å². The SMILES string of the molecule is COc1cccc(OC)c1C(=O)Nc1ccc2c(c1)C(=O)NCC2. The van der Waals surface area contributed by atoms with Gasteiger partial charge in [-0.15, -0.1) is 0 Å². The van der Waals surface area contributed by atoms with Crippen molar-refractivity contribution in [3.63, 3.8) is 0 Å². The molecule has 124 valence electrons.